The van der Waals surface area contributed by atoms with Crippen LogP contribution in [0.1, 0.15) is 19.5 Å². The summed E-state index contributed by atoms with van der Waals surface area (Å²) in [6, 6.07) is 3.60. The van der Waals surface area contributed by atoms with E-state index in [1.807, 2.05) is 6.92 Å². The summed E-state index contributed by atoms with van der Waals surface area (Å²) in [6.07, 6.45) is 11.4. The Bertz CT molecular complexity index is 1070. The minimum atomic E-state index is -0.504. The van der Waals surface area contributed by atoms with E-state index in [-0.39, 0.29) is 18.0 Å². The Balaban J connectivity index is 1.91. The molecule has 0 spiro atoms. The smallest absolute Gasteiger partial charge is 0.155 e. The largest absolute Gasteiger partial charge is 0.382 e. The summed E-state index contributed by atoms with van der Waals surface area (Å²) in [7, 11) is 0. The summed E-state index contributed by atoms with van der Waals surface area (Å²) in [5.74, 6) is -0.244. The first-order chi connectivity index (χ1) is 13.0. The monoisotopic (exact) mass is 366 g/mol. The Morgan fingerprint density at radius 2 is 2.11 bits per heavy atom. The maximum absolute atomic E-state index is 13.9. The topological polar surface area (TPSA) is 91.1 Å². The molecule has 2 N–H and O–H groups in total. The van der Waals surface area contributed by atoms with E-state index in [1.54, 1.807) is 47.2 Å². The summed E-state index contributed by atoms with van der Waals surface area (Å²) >= 11 is 0. The molecule has 8 heteroatoms. The van der Waals surface area contributed by atoms with E-state index < -0.39 is 5.83 Å². The van der Waals surface area contributed by atoms with Crippen molar-refractivity contribution in [1.82, 2.24) is 24.4 Å². The van der Waals surface area contributed by atoms with Crippen molar-refractivity contribution in [3.63, 3.8) is 0 Å². The fourth-order valence-corrected chi connectivity index (χ4v) is 2.54. The molecule has 0 atom stereocenters. The zero-order valence-corrected chi connectivity index (χ0v) is 15.0. The fourth-order valence-electron chi connectivity index (χ4n) is 2.54. The number of rotatable bonds is 6. The van der Waals surface area contributed by atoms with E-state index in [0.717, 1.165) is 6.20 Å². The molecule has 3 aromatic heterocycles. The molecule has 138 valence electrons. The van der Waals surface area contributed by atoms with E-state index in [2.05, 4.69) is 15.3 Å². The third-order valence-corrected chi connectivity index (χ3v) is 3.74. The van der Waals surface area contributed by atoms with Gasteiger partial charge in [-0.15, -0.1) is 5.10 Å². The van der Waals surface area contributed by atoms with E-state index in [0.29, 0.717) is 22.6 Å². The number of allylic oxidation sites excluding steroid dienone is 5. The van der Waals surface area contributed by atoms with Crippen LogP contribution in [0, 0.1) is 0 Å². The van der Waals surface area contributed by atoms with Crippen molar-refractivity contribution in [3.05, 3.63) is 60.4 Å². The summed E-state index contributed by atoms with van der Waals surface area (Å²) < 4.78 is 16.9. The second-order valence-electron chi connectivity index (χ2n) is 5.96. The number of anilines is 1. The number of hydrogen-bond donors (Lipinski definition) is 1. The van der Waals surface area contributed by atoms with Crippen molar-refractivity contribution >= 4 is 23.4 Å². The molecule has 0 amide bonds. The first-order valence-corrected chi connectivity index (χ1v) is 8.32. The van der Waals surface area contributed by atoms with Crippen molar-refractivity contribution in [2.24, 2.45) is 0 Å². The SMILES string of the molecule is C\C=C/C=C\C(F)=C\n1nnc(-c2ccc3nc(CC(C)=O)cn3c2)c1N. The van der Waals surface area contributed by atoms with Crippen LogP contribution in [0.2, 0.25) is 0 Å². The normalized spacial score (nSPS) is 12.6. The quantitative estimate of drug-likeness (QED) is 0.677. The number of Topliss-reactive ketones (excluding diaryl/α,β-unsaturated/α-hetero) is 1. The van der Waals surface area contributed by atoms with Crippen molar-refractivity contribution in [3.8, 4) is 11.3 Å². The van der Waals surface area contributed by atoms with Gasteiger partial charge in [0, 0.05) is 24.4 Å². The third kappa shape index (κ3) is 4.17. The Morgan fingerprint density at radius 1 is 1.30 bits per heavy atom. The predicted molar refractivity (Wildman–Crippen MR) is 102 cm³/mol. The molecule has 0 aliphatic rings. The lowest BCUT2D eigenvalue weighted by Crippen LogP contribution is -1.98. The summed E-state index contributed by atoms with van der Waals surface area (Å²) in [6.45, 7) is 3.36. The lowest BCUT2D eigenvalue weighted by atomic mass is 10.2. The Hall–Kier alpha value is -3.55. The van der Waals surface area contributed by atoms with Crippen LogP contribution in [0.3, 0.4) is 0 Å². The molecular formula is C19H19FN6O. The van der Waals surface area contributed by atoms with Crippen molar-refractivity contribution in [1.29, 1.82) is 0 Å². The standard InChI is InChI=1S/C19H19FN6O/c1-3-4-5-6-15(20)11-26-19(21)18(23-24-26)14-7-8-17-22-16(9-13(2)27)12-25(17)10-14/h3-8,10-12H,9,21H2,1-2H3/b4-3-,6-5-,15-11-. The second kappa shape index (κ2) is 7.77. The van der Waals surface area contributed by atoms with Gasteiger partial charge < -0.3 is 10.1 Å². The Morgan fingerprint density at radius 3 is 2.85 bits per heavy atom. The zero-order valence-electron chi connectivity index (χ0n) is 15.0. The van der Waals surface area contributed by atoms with Gasteiger partial charge in [-0.25, -0.2) is 14.1 Å². The summed E-state index contributed by atoms with van der Waals surface area (Å²) in [4.78, 5) is 15.7. The number of nitrogens with two attached hydrogens (primary N) is 1. The molecule has 27 heavy (non-hydrogen) atoms. The zero-order chi connectivity index (χ0) is 19.4. The van der Waals surface area contributed by atoms with Crippen LogP contribution in [-0.4, -0.2) is 30.2 Å². The maximum Gasteiger partial charge on any atom is 0.155 e. The molecule has 0 aromatic carbocycles. The number of ketones is 1. The number of hydrogen-bond acceptors (Lipinski definition) is 5. The van der Waals surface area contributed by atoms with Gasteiger partial charge in [0.1, 0.15) is 23.0 Å². The van der Waals surface area contributed by atoms with Gasteiger partial charge >= 0.3 is 0 Å². The number of halogens is 1. The number of imidazole rings is 1. The third-order valence-electron chi connectivity index (χ3n) is 3.74. The van der Waals surface area contributed by atoms with Crippen LogP contribution >= 0.6 is 0 Å². The number of aromatic nitrogens is 5. The minimum Gasteiger partial charge on any atom is -0.382 e. The highest BCUT2D eigenvalue weighted by atomic mass is 19.1. The average Bonchev–Trinajstić information content (AvgIpc) is 3.17. The van der Waals surface area contributed by atoms with Gasteiger partial charge in [-0.3, -0.25) is 4.79 Å². The molecule has 0 bridgehead atoms. The van der Waals surface area contributed by atoms with Crippen LogP contribution in [0.4, 0.5) is 10.2 Å². The van der Waals surface area contributed by atoms with Crippen LogP contribution in [0.15, 0.2) is 54.7 Å². The number of carbonyl (C=O) groups excluding carboxylic acids is 1. The van der Waals surface area contributed by atoms with Gasteiger partial charge in [-0.2, -0.15) is 0 Å². The molecule has 0 radical (unpaired) electrons. The highest BCUT2D eigenvalue weighted by molar-refractivity contribution is 5.78. The molecular weight excluding hydrogens is 347 g/mol. The number of carbonyl (C=O) groups is 1. The van der Waals surface area contributed by atoms with Crippen LogP contribution in [0.5, 0.6) is 0 Å². The molecule has 0 fully saturated rings. The molecule has 3 aromatic rings. The van der Waals surface area contributed by atoms with Gasteiger partial charge in [-0.05, 0) is 32.1 Å². The van der Waals surface area contributed by atoms with E-state index in [1.165, 1.54) is 17.7 Å². The molecule has 7 nitrogen and oxygen atoms in total. The molecule has 0 unspecified atom stereocenters. The number of pyridine rings is 1. The van der Waals surface area contributed by atoms with Crippen LogP contribution < -0.4 is 5.73 Å². The first kappa shape index (κ1) is 18.2. The van der Waals surface area contributed by atoms with Crippen molar-refractivity contribution in [2.45, 2.75) is 20.3 Å². The number of fused-ring (bicyclic) bond motifs is 1. The average molecular weight is 366 g/mol. The molecule has 0 aliphatic heterocycles. The van der Waals surface area contributed by atoms with E-state index >= 15 is 0 Å². The van der Waals surface area contributed by atoms with Gasteiger partial charge in [0.05, 0.1) is 11.9 Å². The highest BCUT2D eigenvalue weighted by Crippen LogP contribution is 2.24. The Kier molecular flexibility index (Phi) is 5.25. The van der Waals surface area contributed by atoms with Crippen LogP contribution in [-0.2, 0) is 11.2 Å². The van der Waals surface area contributed by atoms with Gasteiger partial charge in [0.15, 0.2) is 5.82 Å². The molecule has 3 rings (SSSR count). The van der Waals surface area contributed by atoms with Crippen LogP contribution in [0.25, 0.3) is 23.1 Å². The van der Waals surface area contributed by atoms with Crippen molar-refractivity contribution in [2.75, 3.05) is 5.73 Å². The predicted octanol–water partition coefficient (Wildman–Crippen LogP) is 3.21. The summed E-state index contributed by atoms with van der Waals surface area (Å²) in [5.41, 5.74) is 8.61. The summed E-state index contributed by atoms with van der Waals surface area (Å²) in [5, 5.41) is 7.94. The molecule has 3 heterocycles. The number of nitrogen functional groups attached to an aromatic ring is 1. The van der Waals surface area contributed by atoms with Gasteiger partial charge in [0.25, 0.3) is 0 Å². The molecule has 0 saturated heterocycles. The lowest BCUT2D eigenvalue weighted by molar-refractivity contribution is -0.116. The van der Waals surface area contributed by atoms with E-state index in [9.17, 15) is 9.18 Å². The minimum absolute atomic E-state index is 0.0445. The van der Waals surface area contributed by atoms with E-state index in [4.69, 9.17) is 5.73 Å². The maximum atomic E-state index is 13.9. The Labute approximate surface area is 155 Å². The fraction of sp³-hybridized carbons (Fsp3) is 0.158. The van der Waals surface area contributed by atoms with Gasteiger partial charge in [-0.1, -0.05) is 23.4 Å². The second-order valence-corrected chi connectivity index (χ2v) is 5.96. The highest BCUT2D eigenvalue weighted by Gasteiger charge is 2.13. The number of nitrogens with zero attached hydrogens (tertiary/aromatic N) is 5. The molecule has 0 saturated carbocycles. The van der Waals surface area contributed by atoms with Crippen molar-refractivity contribution < 1.29 is 9.18 Å². The first-order valence-electron chi connectivity index (χ1n) is 8.32. The van der Waals surface area contributed by atoms with Gasteiger partial charge in [0.2, 0.25) is 0 Å². The lowest BCUT2D eigenvalue weighted by Gasteiger charge is -2.00. The molecule has 0 aliphatic carbocycles.